The monoisotopic (exact) mass is 297 g/mol. The summed E-state index contributed by atoms with van der Waals surface area (Å²) in [5.41, 5.74) is 4.00. The van der Waals surface area contributed by atoms with Gasteiger partial charge in [-0.1, -0.05) is 18.2 Å². The van der Waals surface area contributed by atoms with E-state index in [1.165, 1.54) is 0 Å². The van der Waals surface area contributed by atoms with Crippen LogP contribution in [0.2, 0.25) is 0 Å². The zero-order valence-electron chi connectivity index (χ0n) is 12.0. The normalized spacial score (nSPS) is 17.0. The van der Waals surface area contributed by atoms with Crippen LogP contribution in [0.4, 0.5) is 0 Å². The number of hydrogen-bond acceptors (Lipinski definition) is 5. The van der Waals surface area contributed by atoms with Crippen LogP contribution in [0.25, 0.3) is 0 Å². The van der Waals surface area contributed by atoms with Crippen molar-refractivity contribution in [2.24, 2.45) is 5.10 Å². The lowest BCUT2D eigenvalue weighted by Gasteiger charge is -2.24. The molecule has 3 rings (SSSR count). The first-order valence-electron chi connectivity index (χ1n) is 6.87. The van der Waals surface area contributed by atoms with Crippen LogP contribution in [0.3, 0.4) is 0 Å². The van der Waals surface area contributed by atoms with Gasteiger partial charge in [0.2, 0.25) is 6.10 Å². The van der Waals surface area contributed by atoms with Gasteiger partial charge in [-0.3, -0.25) is 9.78 Å². The molecule has 112 valence electrons. The molecular formula is C16H15N3O3. The van der Waals surface area contributed by atoms with Crippen molar-refractivity contribution in [2.75, 3.05) is 6.61 Å². The number of nitrogens with one attached hydrogen (secondary N) is 1. The third-order valence-corrected chi connectivity index (χ3v) is 3.21. The highest BCUT2D eigenvalue weighted by Crippen LogP contribution is 2.30. The summed E-state index contributed by atoms with van der Waals surface area (Å²) in [6.07, 6.45) is 2.64. The third-order valence-electron chi connectivity index (χ3n) is 3.21. The molecule has 0 saturated carbocycles. The topological polar surface area (TPSA) is 72.8 Å². The molecule has 0 spiro atoms. The number of nitrogens with zero attached hydrogens (tertiary/aromatic N) is 2. The minimum atomic E-state index is -0.722. The number of ether oxygens (including phenoxy) is 2. The first kappa shape index (κ1) is 14.1. The Morgan fingerprint density at radius 1 is 1.27 bits per heavy atom. The van der Waals surface area contributed by atoms with E-state index >= 15 is 0 Å². The van der Waals surface area contributed by atoms with Gasteiger partial charge in [0.25, 0.3) is 5.91 Å². The zero-order chi connectivity index (χ0) is 15.4. The van der Waals surface area contributed by atoms with Crippen LogP contribution in [0.5, 0.6) is 11.5 Å². The van der Waals surface area contributed by atoms with Crippen LogP contribution >= 0.6 is 0 Å². The molecule has 0 aliphatic carbocycles. The molecule has 1 atom stereocenters. The fourth-order valence-corrected chi connectivity index (χ4v) is 2.00. The number of aromatic nitrogens is 1. The van der Waals surface area contributed by atoms with E-state index in [-0.39, 0.29) is 12.5 Å². The largest absolute Gasteiger partial charge is 0.485 e. The molecule has 1 N–H and O–H groups in total. The van der Waals surface area contributed by atoms with Crippen LogP contribution < -0.4 is 14.9 Å². The molecular weight excluding hydrogens is 282 g/mol. The number of fused-ring (bicyclic) bond motifs is 1. The Morgan fingerprint density at radius 2 is 2.09 bits per heavy atom. The number of carbonyl (C=O) groups is 1. The van der Waals surface area contributed by atoms with Crippen LogP contribution in [-0.2, 0) is 4.79 Å². The summed E-state index contributed by atoms with van der Waals surface area (Å²) in [6.45, 7) is 1.95. The van der Waals surface area contributed by atoms with Crippen LogP contribution in [0.1, 0.15) is 12.5 Å². The maximum atomic E-state index is 12.1. The van der Waals surface area contributed by atoms with E-state index in [1.54, 1.807) is 31.5 Å². The predicted molar refractivity (Wildman–Crippen MR) is 80.9 cm³/mol. The zero-order valence-corrected chi connectivity index (χ0v) is 12.0. The van der Waals surface area contributed by atoms with Gasteiger partial charge in [0.05, 0.1) is 5.71 Å². The van der Waals surface area contributed by atoms with E-state index in [9.17, 15) is 4.79 Å². The van der Waals surface area contributed by atoms with Crippen molar-refractivity contribution in [3.8, 4) is 11.5 Å². The molecule has 1 aliphatic rings. The maximum Gasteiger partial charge on any atom is 0.284 e. The Bertz CT molecular complexity index is 701. The molecule has 0 fully saturated rings. The molecule has 6 nitrogen and oxygen atoms in total. The van der Waals surface area contributed by atoms with Crippen LogP contribution in [0, 0.1) is 0 Å². The van der Waals surface area contributed by atoms with Gasteiger partial charge in [0.1, 0.15) is 6.61 Å². The van der Waals surface area contributed by atoms with Crippen molar-refractivity contribution < 1.29 is 14.3 Å². The van der Waals surface area contributed by atoms with Gasteiger partial charge < -0.3 is 9.47 Å². The van der Waals surface area contributed by atoms with Gasteiger partial charge in [-0.15, -0.1) is 0 Å². The summed E-state index contributed by atoms with van der Waals surface area (Å²) >= 11 is 0. The second-order valence-electron chi connectivity index (χ2n) is 4.78. The number of hydrazone groups is 1. The van der Waals surface area contributed by atoms with Crippen LogP contribution in [-0.4, -0.2) is 29.3 Å². The van der Waals surface area contributed by atoms with Crippen molar-refractivity contribution >= 4 is 11.6 Å². The fourth-order valence-electron chi connectivity index (χ4n) is 2.00. The van der Waals surface area contributed by atoms with Gasteiger partial charge in [-0.05, 0) is 25.1 Å². The molecule has 22 heavy (non-hydrogen) atoms. The molecule has 0 radical (unpaired) electrons. The second-order valence-corrected chi connectivity index (χ2v) is 4.78. The Balaban J connectivity index is 1.64. The van der Waals surface area contributed by atoms with Gasteiger partial charge in [0, 0.05) is 18.0 Å². The third kappa shape index (κ3) is 3.06. The molecule has 0 saturated heterocycles. The molecule has 2 aromatic rings. The van der Waals surface area contributed by atoms with Gasteiger partial charge in [-0.25, -0.2) is 5.43 Å². The van der Waals surface area contributed by atoms with E-state index in [0.717, 1.165) is 5.56 Å². The summed E-state index contributed by atoms with van der Waals surface area (Å²) in [4.78, 5) is 16.1. The lowest BCUT2D eigenvalue weighted by molar-refractivity contribution is -0.130. The average Bonchev–Trinajstić information content (AvgIpc) is 2.59. The van der Waals surface area contributed by atoms with E-state index in [0.29, 0.717) is 17.2 Å². The number of para-hydroxylation sites is 2. The highest BCUT2D eigenvalue weighted by atomic mass is 16.6. The molecule has 1 aliphatic heterocycles. The SMILES string of the molecule is C/C(=N/NC(=O)[C@@H]1COc2ccccc2O1)c1cccnc1. The van der Waals surface area contributed by atoms with Crippen molar-refractivity contribution in [2.45, 2.75) is 13.0 Å². The number of pyridine rings is 1. The van der Waals surface area contributed by atoms with E-state index in [4.69, 9.17) is 9.47 Å². The quantitative estimate of drug-likeness (QED) is 0.692. The van der Waals surface area contributed by atoms with Gasteiger partial charge in [0.15, 0.2) is 11.5 Å². The number of carbonyl (C=O) groups excluding carboxylic acids is 1. The van der Waals surface area contributed by atoms with Crippen molar-refractivity contribution in [3.05, 3.63) is 54.4 Å². The number of benzene rings is 1. The second kappa shape index (κ2) is 6.26. The number of rotatable bonds is 3. The average molecular weight is 297 g/mol. The minimum Gasteiger partial charge on any atom is -0.485 e. The molecule has 1 aromatic heterocycles. The Hall–Kier alpha value is -2.89. The lowest BCUT2D eigenvalue weighted by atomic mass is 10.2. The smallest absolute Gasteiger partial charge is 0.284 e. The summed E-state index contributed by atoms with van der Waals surface area (Å²) in [5, 5.41) is 4.07. The van der Waals surface area contributed by atoms with Gasteiger partial charge in [-0.2, -0.15) is 5.10 Å². The molecule has 0 unspecified atom stereocenters. The molecule has 0 bridgehead atoms. The summed E-state index contributed by atoms with van der Waals surface area (Å²) < 4.78 is 11.1. The van der Waals surface area contributed by atoms with E-state index < -0.39 is 6.10 Å². The first-order chi connectivity index (χ1) is 10.7. The van der Waals surface area contributed by atoms with E-state index in [1.807, 2.05) is 24.3 Å². The number of hydrogen-bond donors (Lipinski definition) is 1. The first-order valence-corrected chi connectivity index (χ1v) is 6.87. The molecule has 1 aromatic carbocycles. The standard InChI is InChI=1S/C16H15N3O3/c1-11(12-5-4-8-17-9-12)18-19-16(20)15-10-21-13-6-2-3-7-14(13)22-15/h2-9,15H,10H2,1H3,(H,19,20)/b18-11-/t15-/m0/s1. The predicted octanol–water partition coefficient (Wildman–Crippen LogP) is 1.76. The summed E-state index contributed by atoms with van der Waals surface area (Å²) in [5.74, 6) is 0.848. The van der Waals surface area contributed by atoms with E-state index in [2.05, 4.69) is 15.5 Å². The Labute approximate surface area is 127 Å². The fraction of sp³-hybridized carbons (Fsp3) is 0.188. The number of amides is 1. The maximum absolute atomic E-state index is 12.1. The highest BCUT2D eigenvalue weighted by Gasteiger charge is 2.27. The minimum absolute atomic E-state index is 0.157. The van der Waals surface area contributed by atoms with Crippen LogP contribution in [0.15, 0.2) is 53.9 Å². The Kier molecular flexibility index (Phi) is 4.00. The lowest BCUT2D eigenvalue weighted by Crippen LogP contribution is -2.42. The van der Waals surface area contributed by atoms with Crippen molar-refractivity contribution in [1.29, 1.82) is 0 Å². The highest BCUT2D eigenvalue weighted by molar-refractivity contribution is 5.99. The Morgan fingerprint density at radius 3 is 2.86 bits per heavy atom. The van der Waals surface area contributed by atoms with Crippen molar-refractivity contribution in [3.63, 3.8) is 0 Å². The molecule has 6 heteroatoms. The molecule has 1 amide bonds. The summed E-state index contributed by atoms with van der Waals surface area (Å²) in [6, 6.07) is 10.9. The van der Waals surface area contributed by atoms with Gasteiger partial charge >= 0.3 is 0 Å². The molecule has 2 heterocycles. The van der Waals surface area contributed by atoms with Crippen molar-refractivity contribution in [1.82, 2.24) is 10.4 Å². The summed E-state index contributed by atoms with van der Waals surface area (Å²) in [7, 11) is 0.